The minimum absolute atomic E-state index is 0.0726. The smallest absolute Gasteiger partial charge is 0.371 e. The number of ether oxygens (including phenoxy) is 1. The van der Waals surface area contributed by atoms with Gasteiger partial charge in [0.05, 0.1) is 29.4 Å². The summed E-state index contributed by atoms with van der Waals surface area (Å²) < 4.78 is 85.7. The molecule has 0 bridgehead atoms. The van der Waals surface area contributed by atoms with Gasteiger partial charge < -0.3 is 10.1 Å². The molecule has 1 aliphatic heterocycles. The first-order valence-corrected chi connectivity index (χ1v) is 11.3. The van der Waals surface area contributed by atoms with E-state index in [0.29, 0.717) is 24.1 Å². The van der Waals surface area contributed by atoms with Gasteiger partial charge in [-0.1, -0.05) is 42.5 Å². The standard InChI is InChI=1S/C27H26F6N2O2/c1-4-24(12-11-23(36)35-24)16-34-25(5-2,20-9-7-6-8-10-20)17-37-18(3)19-13-21(26(28,29)30)15-22(14-19)27(31,32)33/h4-10,13-16,18H,1-2,11-12,17H2,3H3,(H,35,36)/t18-,24+,25?/m1/s1. The third kappa shape index (κ3) is 6.49. The van der Waals surface area contributed by atoms with Crippen LogP contribution in [0.5, 0.6) is 0 Å². The van der Waals surface area contributed by atoms with E-state index < -0.39 is 40.7 Å². The van der Waals surface area contributed by atoms with Crippen molar-refractivity contribution in [2.45, 2.75) is 49.3 Å². The molecule has 198 valence electrons. The topological polar surface area (TPSA) is 50.7 Å². The molecule has 10 heteroatoms. The number of rotatable bonds is 9. The molecule has 1 fully saturated rings. The molecule has 0 radical (unpaired) electrons. The molecule has 2 aromatic carbocycles. The SMILES string of the molecule is C=CC(CO[C@H](C)c1cc(C(F)(F)F)cc(C(F)(F)F)c1)(N=C[C@]1(C=C)CCC(=O)N1)c1ccccc1. The summed E-state index contributed by atoms with van der Waals surface area (Å²) in [5.74, 6) is -0.176. The van der Waals surface area contributed by atoms with Crippen LogP contribution in [0.4, 0.5) is 26.3 Å². The van der Waals surface area contributed by atoms with E-state index in [1.54, 1.807) is 36.4 Å². The van der Waals surface area contributed by atoms with Crippen LogP contribution in [0, 0.1) is 0 Å². The second-order valence-electron chi connectivity index (χ2n) is 8.84. The maximum absolute atomic E-state index is 13.3. The van der Waals surface area contributed by atoms with Crippen LogP contribution in [-0.4, -0.2) is 24.3 Å². The van der Waals surface area contributed by atoms with Gasteiger partial charge in [0.25, 0.3) is 0 Å². The summed E-state index contributed by atoms with van der Waals surface area (Å²) in [6.07, 6.45) is -5.87. The number of carbonyl (C=O) groups is 1. The van der Waals surface area contributed by atoms with E-state index in [9.17, 15) is 31.1 Å². The summed E-state index contributed by atoms with van der Waals surface area (Å²) in [5.41, 5.74) is -4.68. The van der Waals surface area contributed by atoms with Gasteiger partial charge in [-0.3, -0.25) is 9.79 Å². The largest absolute Gasteiger partial charge is 0.416 e. The van der Waals surface area contributed by atoms with Gasteiger partial charge in [-0.25, -0.2) is 0 Å². The van der Waals surface area contributed by atoms with E-state index >= 15 is 0 Å². The molecule has 1 heterocycles. The zero-order valence-electron chi connectivity index (χ0n) is 20.0. The van der Waals surface area contributed by atoms with E-state index in [4.69, 9.17) is 4.74 Å². The molecule has 2 aromatic rings. The van der Waals surface area contributed by atoms with Crippen LogP contribution >= 0.6 is 0 Å². The maximum Gasteiger partial charge on any atom is 0.416 e. The van der Waals surface area contributed by atoms with Gasteiger partial charge in [-0.15, -0.1) is 13.2 Å². The highest BCUT2D eigenvalue weighted by Gasteiger charge is 2.38. The second kappa shape index (κ2) is 10.5. The predicted octanol–water partition coefficient (Wildman–Crippen LogP) is 6.79. The van der Waals surface area contributed by atoms with Gasteiger partial charge in [0.2, 0.25) is 5.91 Å². The lowest BCUT2D eigenvalue weighted by Crippen LogP contribution is -2.42. The van der Waals surface area contributed by atoms with E-state index in [-0.39, 0.29) is 30.6 Å². The summed E-state index contributed by atoms with van der Waals surface area (Å²) in [6, 6.07) is 10.1. The molecule has 0 spiro atoms. The summed E-state index contributed by atoms with van der Waals surface area (Å²) >= 11 is 0. The number of nitrogens with zero attached hydrogens (tertiary/aromatic N) is 1. The number of benzene rings is 2. The van der Waals surface area contributed by atoms with Crippen molar-refractivity contribution < 1.29 is 35.9 Å². The Morgan fingerprint density at radius 2 is 1.62 bits per heavy atom. The highest BCUT2D eigenvalue weighted by molar-refractivity contribution is 5.89. The van der Waals surface area contributed by atoms with E-state index in [2.05, 4.69) is 23.5 Å². The molecular weight excluding hydrogens is 498 g/mol. The van der Waals surface area contributed by atoms with Gasteiger partial charge in [-0.05, 0) is 42.7 Å². The van der Waals surface area contributed by atoms with Gasteiger partial charge >= 0.3 is 12.4 Å². The van der Waals surface area contributed by atoms with Crippen LogP contribution in [0.1, 0.15) is 48.1 Å². The highest BCUT2D eigenvalue weighted by Crippen LogP contribution is 2.39. The molecule has 1 N–H and O–H groups in total. The molecule has 0 saturated carbocycles. The molecule has 1 amide bonds. The molecule has 4 nitrogen and oxygen atoms in total. The van der Waals surface area contributed by atoms with Crippen LogP contribution in [0.15, 0.2) is 78.8 Å². The molecule has 3 atom stereocenters. The number of carbonyl (C=O) groups excluding carboxylic acids is 1. The number of aliphatic imine (C=N–C) groups is 1. The fraction of sp³-hybridized carbons (Fsp3) is 0.333. The Kier molecular flexibility index (Phi) is 8.02. The van der Waals surface area contributed by atoms with Gasteiger partial charge in [0.15, 0.2) is 0 Å². The molecule has 1 unspecified atom stereocenters. The van der Waals surface area contributed by atoms with Crippen molar-refractivity contribution in [3.8, 4) is 0 Å². The number of hydrogen-bond acceptors (Lipinski definition) is 3. The fourth-order valence-corrected chi connectivity index (χ4v) is 3.95. The first-order chi connectivity index (χ1) is 17.2. The average Bonchev–Trinajstić information content (AvgIpc) is 3.24. The Balaban J connectivity index is 1.97. The number of hydrogen-bond donors (Lipinski definition) is 1. The van der Waals surface area contributed by atoms with Crippen LogP contribution in [0.3, 0.4) is 0 Å². The van der Waals surface area contributed by atoms with Crippen LogP contribution in [-0.2, 0) is 27.4 Å². The Bertz CT molecular complexity index is 1140. The van der Waals surface area contributed by atoms with Crippen molar-refractivity contribution in [2.75, 3.05) is 6.61 Å². The number of halogens is 6. The van der Waals surface area contributed by atoms with Crippen LogP contribution in [0.2, 0.25) is 0 Å². The quantitative estimate of drug-likeness (QED) is 0.223. The normalized spacial score (nSPS) is 20.9. The predicted molar refractivity (Wildman–Crippen MR) is 128 cm³/mol. The molecule has 1 aliphatic rings. The van der Waals surface area contributed by atoms with Crippen molar-refractivity contribution >= 4 is 12.1 Å². The second-order valence-corrected chi connectivity index (χ2v) is 8.84. The first-order valence-electron chi connectivity index (χ1n) is 11.3. The van der Waals surface area contributed by atoms with Crippen LogP contribution in [0.25, 0.3) is 0 Å². The third-order valence-electron chi connectivity index (χ3n) is 6.27. The number of amides is 1. The third-order valence-corrected chi connectivity index (χ3v) is 6.27. The number of nitrogens with one attached hydrogen (secondary N) is 1. The molecule has 37 heavy (non-hydrogen) atoms. The monoisotopic (exact) mass is 524 g/mol. The Morgan fingerprint density at radius 1 is 1.03 bits per heavy atom. The summed E-state index contributed by atoms with van der Waals surface area (Å²) in [7, 11) is 0. The Labute approximate surface area is 210 Å². The lowest BCUT2D eigenvalue weighted by molar-refractivity contribution is -0.143. The van der Waals surface area contributed by atoms with Crippen LogP contribution < -0.4 is 5.32 Å². The van der Waals surface area contributed by atoms with E-state index in [1.165, 1.54) is 19.2 Å². The van der Waals surface area contributed by atoms with Crippen molar-refractivity contribution in [1.82, 2.24) is 5.32 Å². The average molecular weight is 525 g/mol. The van der Waals surface area contributed by atoms with Gasteiger partial charge in [0, 0.05) is 12.6 Å². The van der Waals surface area contributed by atoms with Crippen molar-refractivity contribution in [3.05, 3.63) is 96.1 Å². The maximum atomic E-state index is 13.3. The van der Waals surface area contributed by atoms with E-state index in [1.807, 2.05) is 0 Å². The van der Waals surface area contributed by atoms with Gasteiger partial charge in [0.1, 0.15) is 5.54 Å². The van der Waals surface area contributed by atoms with Crippen molar-refractivity contribution in [3.63, 3.8) is 0 Å². The van der Waals surface area contributed by atoms with E-state index in [0.717, 1.165) is 0 Å². The van der Waals surface area contributed by atoms with Gasteiger partial charge in [-0.2, -0.15) is 26.3 Å². The number of alkyl halides is 6. The minimum Gasteiger partial charge on any atom is -0.371 e. The van der Waals surface area contributed by atoms with Crippen molar-refractivity contribution in [1.29, 1.82) is 0 Å². The first kappa shape index (κ1) is 28.2. The Morgan fingerprint density at radius 3 is 2.08 bits per heavy atom. The molecule has 0 aromatic heterocycles. The fourth-order valence-electron chi connectivity index (χ4n) is 3.95. The summed E-state index contributed by atoms with van der Waals surface area (Å²) in [4.78, 5) is 16.5. The zero-order chi connectivity index (χ0) is 27.5. The summed E-state index contributed by atoms with van der Waals surface area (Å²) in [6.45, 7) is 8.74. The highest BCUT2D eigenvalue weighted by atomic mass is 19.4. The molecule has 1 saturated heterocycles. The lowest BCUT2D eigenvalue weighted by Gasteiger charge is -2.30. The lowest BCUT2D eigenvalue weighted by atomic mass is 9.90. The molecule has 3 rings (SSSR count). The Hall–Kier alpha value is -3.40. The zero-order valence-corrected chi connectivity index (χ0v) is 20.0. The summed E-state index contributed by atoms with van der Waals surface area (Å²) in [5, 5.41) is 2.80. The van der Waals surface area contributed by atoms with Crippen molar-refractivity contribution in [2.24, 2.45) is 4.99 Å². The molecule has 0 aliphatic carbocycles. The molecular formula is C27H26F6N2O2. The minimum atomic E-state index is -4.97.